The van der Waals surface area contributed by atoms with Crippen LogP contribution in [0.4, 0.5) is 22.1 Å². The summed E-state index contributed by atoms with van der Waals surface area (Å²) in [6.45, 7) is 19.8. The first-order valence-corrected chi connectivity index (χ1v) is 14.2. The highest BCUT2D eigenvalue weighted by atomic mass is 16.4. The number of hydrogen-bond acceptors (Lipinski definition) is 6. The topological polar surface area (TPSA) is 115 Å². The molecular weight excluding hydrogens is 518 g/mol. The number of likely N-dealkylation sites (tertiary alicyclic amines) is 1. The summed E-state index contributed by atoms with van der Waals surface area (Å²) in [5.41, 5.74) is 2.92. The van der Waals surface area contributed by atoms with E-state index in [0.29, 0.717) is 28.5 Å². The molecule has 4 rings (SSSR count). The van der Waals surface area contributed by atoms with Gasteiger partial charge in [-0.3, -0.25) is 14.6 Å². The molecule has 41 heavy (non-hydrogen) atoms. The molecule has 1 aliphatic rings. The lowest BCUT2D eigenvalue weighted by Crippen LogP contribution is -2.60. The van der Waals surface area contributed by atoms with Gasteiger partial charge < -0.3 is 15.7 Å². The summed E-state index contributed by atoms with van der Waals surface area (Å²) in [6, 6.07) is 9.02. The second-order valence-electron chi connectivity index (χ2n) is 12.7. The van der Waals surface area contributed by atoms with Gasteiger partial charge in [0.1, 0.15) is 11.6 Å². The smallest absolute Gasteiger partial charge is 0.413 e. The van der Waals surface area contributed by atoms with Gasteiger partial charge in [-0.25, -0.2) is 9.78 Å². The summed E-state index contributed by atoms with van der Waals surface area (Å²) in [4.78, 5) is 33.2. The predicted octanol–water partition coefficient (Wildman–Crippen LogP) is 6.12. The van der Waals surface area contributed by atoms with Crippen molar-refractivity contribution in [2.24, 2.45) is 0 Å². The average molecular weight is 562 g/mol. The van der Waals surface area contributed by atoms with Crippen molar-refractivity contribution >= 4 is 35.0 Å². The minimum absolute atomic E-state index is 0.00242. The Labute approximate surface area is 242 Å². The normalized spacial score (nSPS) is 17.4. The maximum atomic E-state index is 12.7. The number of benzene rings is 1. The second-order valence-corrected chi connectivity index (χ2v) is 12.7. The van der Waals surface area contributed by atoms with Crippen LogP contribution in [0.15, 0.2) is 49.2 Å². The molecule has 0 spiro atoms. The molecular formula is C31H43N7O3. The molecule has 10 nitrogen and oxygen atoms in total. The zero-order chi connectivity index (χ0) is 30.1. The fourth-order valence-corrected chi connectivity index (χ4v) is 5.74. The number of rotatable bonds is 8. The first kappa shape index (κ1) is 30.0. The van der Waals surface area contributed by atoms with Crippen molar-refractivity contribution in [3.05, 3.63) is 60.3 Å². The molecule has 0 unspecified atom stereocenters. The molecule has 2 amide bonds. The third-order valence-electron chi connectivity index (χ3n) is 7.73. The lowest BCUT2D eigenvalue weighted by atomic mass is 9.84. The van der Waals surface area contributed by atoms with E-state index in [0.717, 1.165) is 24.9 Å². The lowest BCUT2D eigenvalue weighted by Gasteiger charge is -2.52. The first-order chi connectivity index (χ1) is 19.2. The molecule has 3 N–H and O–H groups in total. The van der Waals surface area contributed by atoms with Crippen LogP contribution in [0.5, 0.6) is 0 Å². The van der Waals surface area contributed by atoms with Gasteiger partial charge in [0.15, 0.2) is 5.65 Å². The van der Waals surface area contributed by atoms with E-state index in [4.69, 9.17) is 4.98 Å². The van der Waals surface area contributed by atoms with E-state index in [9.17, 15) is 14.7 Å². The highest BCUT2D eigenvalue weighted by molar-refractivity contribution is 5.98. The standard InChI is InChI=1S/C31H43N7O3/c1-9-26(39)34-22-12-10-11-21(15-22)18-36(29(40)41)27-16-25(35-28-24(20(2)3)17-32-38(27)28)33-23-13-14-31(7,8)37(19-23)30(4,5)6/h9-12,15-17,20,23H,1,13-14,18-19H2,2-8H3,(H,33,35)(H,34,39)(H,40,41)/t23-/m0/s1. The second kappa shape index (κ2) is 11.5. The minimum Gasteiger partial charge on any atom is -0.465 e. The van der Waals surface area contributed by atoms with Gasteiger partial charge in [0.2, 0.25) is 5.91 Å². The van der Waals surface area contributed by atoms with Gasteiger partial charge in [0.25, 0.3) is 0 Å². The van der Waals surface area contributed by atoms with Crippen LogP contribution in [0.25, 0.3) is 5.65 Å². The van der Waals surface area contributed by atoms with Crippen LogP contribution in [-0.4, -0.2) is 60.3 Å². The molecule has 1 atom stereocenters. The van der Waals surface area contributed by atoms with E-state index in [-0.39, 0.29) is 35.5 Å². The van der Waals surface area contributed by atoms with E-state index < -0.39 is 6.09 Å². The summed E-state index contributed by atoms with van der Waals surface area (Å²) in [6.07, 6.45) is 3.83. The quantitative estimate of drug-likeness (QED) is 0.284. The van der Waals surface area contributed by atoms with Crippen molar-refractivity contribution in [1.29, 1.82) is 0 Å². The Hall–Kier alpha value is -3.92. The molecule has 0 aliphatic carbocycles. The van der Waals surface area contributed by atoms with E-state index in [1.165, 1.54) is 11.0 Å². The van der Waals surface area contributed by atoms with E-state index in [2.05, 4.69) is 75.7 Å². The number of carbonyl (C=O) groups is 2. The molecule has 0 saturated carbocycles. The molecule has 10 heteroatoms. The fraction of sp³-hybridized carbons (Fsp3) is 0.484. The van der Waals surface area contributed by atoms with Gasteiger partial charge in [0, 0.05) is 41.0 Å². The maximum absolute atomic E-state index is 12.7. The average Bonchev–Trinajstić information content (AvgIpc) is 3.31. The Balaban J connectivity index is 1.72. The van der Waals surface area contributed by atoms with Gasteiger partial charge in [-0.2, -0.15) is 9.61 Å². The Morgan fingerprint density at radius 3 is 2.63 bits per heavy atom. The Morgan fingerprint density at radius 1 is 1.27 bits per heavy atom. The van der Waals surface area contributed by atoms with Crippen molar-refractivity contribution in [2.45, 2.75) is 90.9 Å². The van der Waals surface area contributed by atoms with Crippen molar-refractivity contribution in [3.63, 3.8) is 0 Å². The predicted molar refractivity (Wildman–Crippen MR) is 164 cm³/mol. The lowest BCUT2D eigenvalue weighted by molar-refractivity contribution is -0.111. The molecule has 2 aromatic heterocycles. The summed E-state index contributed by atoms with van der Waals surface area (Å²) >= 11 is 0. The fourth-order valence-electron chi connectivity index (χ4n) is 5.74. The van der Waals surface area contributed by atoms with Crippen LogP contribution in [0, 0.1) is 0 Å². The highest BCUT2D eigenvalue weighted by Gasteiger charge is 2.40. The van der Waals surface area contributed by atoms with E-state index in [1.54, 1.807) is 35.0 Å². The number of fused-ring (bicyclic) bond motifs is 1. The number of anilines is 3. The van der Waals surface area contributed by atoms with Crippen LogP contribution < -0.4 is 15.5 Å². The number of hydrogen-bond donors (Lipinski definition) is 3. The zero-order valence-electron chi connectivity index (χ0n) is 25.2. The SMILES string of the molecule is C=CC(=O)Nc1cccc(CN(C(=O)O)c2cc(N[C@H]3CCC(C)(C)N(C(C)(C)C)C3)nc3c(C(C)C)cnn23)c1. The molecule has 3 aromatic rings. The van der Waals surface area contributed by atoms with Crippen molar-refractivity contribution in [3.8, 4) is 0 Å². The van der Waals surface area contributed by atoms with Gasteiger partial charge >= 0.3 is 6.09 Å². The molecule has 1 aromatic carbocycles. The Kier molecular flexibility index (Phi) is 8.44. The zero-order valence-corrected chi connectivity index (χ0v) is 25.2. The van der Waals surface area contributed by atoms with Crippen LogP contribution >= 0.6 is 0 Å². The van der Waals surface area contributed by atoms with E-state index >= 15 is 0 Å². The Morgan fingerprint density at radius 2 is 2.00 bits per heavy atom. The number of aromatic nitrogens is 3. The number of nitrogens with one attached hydrogen (secondary N) is 2. The van der Waals surface area contributed by atoms with Crippen molar-refractivity contribution < 1.29 is 14.7 Å². The van der Waals surface area contributed by atoms with Gasteiger partial charge in [0.05, 0.1) is 12.7 Å². The number of amides is 2. The van der Waals surface area contributed by atoms with Crippen LogP contribution in [-0.2, 0) is 11.3 Å². The minimum atomic E-state index is -1.12. The monoisotopic (exact) mass is 561 g/mol. The third kappa shape index (κ3) is 6.70. The van der Waals surface area contributed by atoms with Crippen LogP contribution in [0.3, 0.4) is 0 Å². The molecule has 1 saturated heterocycles. The molecule has 0 radical (unpaired) electrons. The van der Waals surface area contributed by atoms with Gasteiger partial charge in [-0.05, 0) is 77.2 Å². The molecule has 3 heterocycles. The van der Waals surface area contributed by atoms with Crippen molar-refractivity contribution in [2.75, 3.05) is 22.1 Å². The third-order valence-corrected chi connectivity index (χ3v) is 7.73. The van der Waals surface area contributed by atoms with Crippen LogP contribution in [0.1, 0.15) is 78.4 Å². The largest absolute Gasteiger partial charge is 0.465 e. The molecule has 220 valence electrons. The Bertz CT molecular complexity index is 1440. The van der Waals surface area contributed by atoms with Crippen molar-refractivity contribution in [1.82, 2.24) is 19.5 Å². The van der Waals surface area contributed by atoms with Gasteiger partial charge in [-0.15, -0.1) is 0 Å². The van der Waals surface area contributed by atoms with Crippen LogP contribution in [0.2, 0.25) is 0 Å². The molecule has 1 aliphatic heterocycles. The first-order valence-electron chi connectivity index (χ1n) is 14.2. The van der Waals surface area contributed by atoms with Gasteiger partial charge in [-0.1, -0.05) is 32.6 Å². The number of nitrogens with zero attached hydrogens (tertiary/aromatic N) is 5. The highest BCUT2D eigenvalue weighted by Crippen LogP contribution is 2.35. The molecule has 0 bridgehead atoms. The summed E-state index contributed by atoms with van der Waals surface area (Å²) in [7, 11) is 0. The van der Waals surface area contributed by atoms with E-state index in [1.807, 2.05) is 6.07 Å². The summed E-state index contributed by atoms with van der Waals surface area (Å²) < 4.78 is 1.60. The number of carbonyl (C=O) groups excluding carboxylic acids is 1. The summed E-state index contributed by atoms with van der Waals surface area (Å²) in [5.74, 6) is 0.823. The molecule has 1 fully saturated rings. The maximum Gasteiger partial charge on any atom is 0.413 e. The number of piperidine rings is 1. The summed E-state index contributed by atoms with van der Waals surface area (Å²) in [5, 5.41) is 21.3. The number of carboxylic acid groups (broad SMARTS) is 1.